The highest BCUT2D eigenvalue weighted by molar-refractivity contribution is 4.67. The maximum absolute atomic E-state index is 3.53. The number of hydrogen-bond acceptors (Lipinski definition) is 2. The van der Waals surface area contributed by atoms with Crippen LogP contribution in [-0.2, 0) is 0 Å². The van der Waals surface area contributed by atoms with Crippen LogP contribution in [-0.4, -0.2) is 26.2 Å². The Balaban J connectivity index is -0.00000162. The van der Waals surface area contributed by atoms with Crippen molar-refractivity contribution in [2.75, 3.05) is 26.2 Å². The lowest BCUT2D eigenvalue weighted by Crippen LogP contribution is -2.29. The van der Waals surface area contributed by atoms with Crippen LogP contribution >= 0.6 is 0 Å². The first-order valence-electron chi connectivity index (χ1n) is 8.18. The van der Waals surface area contributed by atoms with Gasteiger partial charge in [-0.15, -0.1) is 0 Å². The zero-order valence-electron chi connectivity index (χ0n) is 14.4. The summed E-state index contributed by atoms with van der Waals surface area (Å²) in [6, 6.07) is 0. The second-order valence-corrected chi connectivity index (χ2v) is 7.79. The third-order valence-corrected chi connectivity index (χ3v) is 3.92. The average Bonchev–Trinajstić information content (AvgIpc) is 2.30. The lowest BCUT2D eigenvalue weighted by molar-refractivity contribution is 0.310. The average molecular weight is 275 g/mol. The summed E-state index contributed by atoms with van der Waals surface area (Å²) in [7, 11) is 0. The molecule has 0 bridgehead atoms. The predicted molar refractivity (Wildman–Crippen MR) is 92.0 cm³/mol. The van der Waals surface area contributed by atoms with Crippen molar-refractivity contribution in [1.29, 1.82) is 0 Å². The molecule has 0 fully saturated rings. The van der Waals surface area contributed by atoms with Gasteiger partial charge in [-0.05, 0) is 49.6 Å². The molecular formula is C17H42N2. The first-order valence-corrected chi connectivity index (χ1v) is 8.18. The molecule has 0 rings (SSSR count). The lowest BCUT2D eigenvalue weighted by Gasteiger charge is -2.22. The Morgan fingerprint density at radius 2 is 1.21 bits per heavy atom. The molecule has 19 heavy (non-hydrogen) atoms. The van der Waals surface area contributed by atoms with Gasteiger partial charge in [0.2, 0.25) is 0 Å². The van der Waals surface area contributed by atoms with Gasteiger partial charge in [-0.25, -0.2) is 0 Å². The lowest BCUT2D eigenvalue weighted by atomic mass is 9.85. The van der Waals surface area contributed by atoms with Crippen LogP contribution in [0.5, 0.6) is 0 Å². The van der Waals surface area contributed by atoms with Crippen LogP contribution < -0.4 is 10.6 Å². The molecule has 0 spiro atoms. The summed E-state index contributed by atoms with van der Waals surface area (Å²) >= 11 is 0. The van der Waals surface area contributed by atoms with Gasteiger partial charge in [0.25, 0.3) is 0 Å². The summed E-state index contributed by atoms with van der Waals surface area (Å²) in [5, 5.41) is 7.04. The van der Waals surface area contributed by atoms with E-state index in [4.69, 9.17) is 0 Å². The smallest absolute Gasteiger partial charge is 0.00767 e. The third kappa shape index (κ3) is 14.1. The monoisotopic (exact) mass is 274 g/mol. The predicted octanol–water partition coefficient (Wildman–Crippen LogP) is 4.70. The highest BCUT2D eigenvalue weighted by Crippen LogP contribution is 2.25. The highest BCUT2D eigenvalue weighted by Gasteiger charge is 2.13. The Morgan fingerprint density at radius 1 is 0.737 bits per heavy atom. The van der Waals surface area contributed by atoms with Gasteiger partial charge in [0, 0.05) is 15.9 Å². The van der Waals surface area contributed by atoms with E-state index in [1.165, 1.54) is 32.1 Å². The van der Waals surface area contributed by atoms with E-state index in [1.54, 1.807) is 0 Å². The molecule has 0 saturated heterocycles. The largest absolute Gasteiger partial charge is 0.315 e. The Morgan fingerprint density at radius 3 is 1.63 bits per heavy atom. The van der Waals surface area contributed by atoms with Crippen LogP contribution in [0, 0.1) is 10.8 Å². The first kappa shape index (κ1) is 18.9. The topological polar surface area (TPSA) is 24.1 Å². The molecule has 2 heteroatoms. The van der Waals surface area contributed by atoms with E-state index in [0.717, 1.165) is 26.2 Å². The molecule has 2 N–H and O–H groups in total. The van der Waals surface area contributed by atoms with Gasteiger partial charge >= 0.3 is 0 Å². The summed E-state index contributed by atoms with van der Waals surface area (Å²) in [6.45, 7) is 18.5. The van der Waals surface area contributed by atoms with Crippen LogP contribution in [0.4, 0.5) is 0 Å². The number of rotatable bonds is 11. The van der Waals surface area contributed by atoms with Crippen molar-refractivity contribution in [3.63, 3.8) is 0 Å². The van der Waals surface area contributed by atoms with Crippen molar-refractivity contribution in [2.45, 2.75) is 73.6 Å². The van der Waals surface area contributed by atoms with Crippen molar-refractivity contribution in [3.8, 4) is 0 Å². The molecule has 0 aliphatic rings. The molecule has 0 aliphatic heterocycles. The number of nitrogens with one attached hydrogen (secondary N) is 2. The summed E-state index contributed by atoms with van der Waals surface area (Å²) in [5.41, 5.74) is 0.999. The van der Waals surface area contributed by atoms with Gasteiger partial charge in [0.1, 0.15) is 0 Å². The van der Waals surface area contributed by atoms with E-state index < -0.39 is 0 Å². The van der Waals surface area contributed by atoms with Crippen molar-refractivity contribution in [1.82, 2.24) is 10.6 Å². The molecule has 0 atom stereocenters. The minimum absolute atomic E-state index is 0. The molecule has 0 amide bonds. The maximum atomic E-state index is 3.53. The number of hydrogen-bond donors (Lipinski definition) is 2. The zero-order chi connectivity index (χ0) is 14.8. The molecule has 0 aromatic rings. The zero-order valence-corrected chi connectivity index (χ0v) is 14.4. The minimum Gasteiger partial charge on any atom is -0.315 e. The summed E-state index contributed by atoms with van der Waals surface area (Å²) < 4.78 is 0. The van der Waals surface area contributed by atoms with Gasteiger partial charge in [-0.3, -0.25) is 0 Å². The molecule has 120 valence electrons. The minimum atomic E-state index is 0. The van der Waals surface area contributed by atoms with E-state index in [9.17, 15) is 0 Å². The molecule has 0 saturated carbocycles. The van der Waals surface area contributed by atoms with Crippen molar-refractivity contribution in [2.24, 2.45) is 10.8 Å². The Kier molecular flexibility index (Phi) is 9.72. The third-order valence-electron chi connectivity index (χ3n) is 3.92. The fraction of sp³-hybridized carbons (Fsp3) is 1.00. The molecular weight excluding hydrogens is 232 g/mol. The van der Waals surface area contributed by atoms with Crippen molar-refractivity contribution in [3.05, 3.63) is 0 Å². The van der Waals surface area contributed by atoms with Gasteiger partial charge < -0.3 is 10.6 Å². The van der Waals surface area contributed by atoms with Crippen LogP contribution in [0.15, 0.2) is 0 Å². The summed E-state index contributed by atoms with van der Waals surface area (Å²) in [5.74, 6) is 0. The second kappa shape index (κ2) is 9.77. The van der Waals surface area contributed by atoms with E-state index >= 15 is 0 Å². The quantitative estimate of drug-likeness (QED) is 0.534. The molecule has 0 aromatic heterocycles. The molecule has 0 heterocycles. The summed E-state index contributed by atoms with van der Waals surface area (Å²) in [4.78, 5) is 0. The van der Waals surface area contributed by atoms with Crippen LogP contribution in [0.25, 0.3) is 0 Å². The van der Waals surface area contributed by atoms with E-state index in [-0.39, 0.29) is 2.85 Å². The fourth-order valence-electron chi connectivity index (χ4n) is 2.04. The molecule has 0 radical (unpaired) electrons. The Labute approximate surface area is 125 Å². The SMILES string of the molecule is CCC(C)(C)CCCNCCNCCCC(C)(C)C.[HH].[HH]. The summed E-state index contributed by atoms with van der Waals surface area (Å²) in [6.07, 6.45) is 6.50. The molecule has 2 nitrogen and oxygen atoms in total. The van der Waals surface area contributed by atoms with Crippen LogP contribution in [0.3, 0.4) is 0 Å². The fourth-order valence-corrected chi connectivity index (χ4v) is 2.04. The van der Waals surface area contributed by atoms with Crippen molar-refractivity contribution < 1.29 is 2.85 Å². The normalized spacial score (nSPS) is 12.9. The Hall–Kier alpha value is -0.0800. The first-order chi connectivity index (χ1) is 8.77. The van der Waals surface area contributed by atoms with Gasteiger partial charge in [0.15, 0.2) is 0 Å². The maximum Gasteiger partial charge on any atom is 0.00767 e. The Bertz CT molecular complexity index is 213. The van der Waals surface area contributed by atoms with Gasteiger partial charge in [-0.1, -0.05) is 48.0 Å². The van der Waals surface area contributed by atoms with Crippen molar-refractivity contribution >= 4 is 0 Å². The molecule has 0 aliphatic carbocycles. The van der Waals surface area contributed by atoms with Crippen LogP contribution in [0.2, 0.25) is 0 Å². The molecule has 0 unspecified atom stereocenters. The van der Waals surface area contributed by atoms with E-state index in [0.29, 0.717) is 10.8 Å². The van der Waals surface area contributed by atoms with E-state index in [2.05, 4.69) is 52.2 Å². The van der Waals surface area contributed by atoms with E-state index in [1.807, 2.05) is 0 Å². The van der Waals surface area contributed by atoms with Crippen LogP contribution in [0.1, 0.15) is 76.5 Å². The van der Waals surface area contributed by atoms with Gasteiger partial charge in [-0.2, -0.15) is 0 Å². The highest BCUT2D eigenvalue weighted by atomic mass is 14.9. The standard InChI is InChI=1S/C17H38N2.2H2/c1-7-17(5,6)11-9-13-19-15-14-18-12-8-10-16(2,3)4;;/h18-19H,7-15H2,1-6H3;2*1H. The molecule has 0 aromatic carbocycles. The second-order valence-electron chi connectivity index (χ2n) is 7.79. The van der Waals surface area contributed by atoms with Gasteiger partial charge in [0.05, 0.1) is 0 Å².